The summed E-state index contributed by atoms with van der Waals surface area (Å²) >= 11 is 0. The third-order valence-electron chi connectivity index (χ3n) is 5.98. The van der Waals surface area contributed by atoms with Gasteiger partial charge in [-0.05, 0) is 54.7 Å². The summed E-state index contributed by atoms with van der Waals surface area (Å²) in [5.41, 5.74) is 7.59. The van der Waals surface area contributed by atoms with E-state index in [1.54, 1.807) is 4.68 Å². The topological polar surface area (TPSA) is 63.1 Å². The summed E-state index contributed by atoms with van der Waals surface area (Å²) in [4.78, 5) is 14.9. The zero-order valence-electron chi connectivity index (χ0n) is 15.7. The lowest BCUT2D eigenvalue weighted by Gasteiger charge is -2.30. The molecule has 2 aromatic carbocycles. The molecular weight excluding hydrogens is 338 g/mol. The van der Waals surface area contributed by atoms with E-state index in [1.165, 1.54) is 29.7 Å². The highest BCUT2D eigenvalue weighted by Crippen LogP contribution is 2.42. The first-order valence-corrected chi connectivity index (χ1v) is 9.59. The van der Waals surface area contributed by atoms with Crippen LogP contribution in [0.5, 0.6) is 0 Å². The van der Waals surface area contributed by atoms with Crippen molar-refractivity contribution in [3.05, 3.63) is 47.0 Å². The monoisotopic (exact) mass is 361 g/mol. The average molecular weight is 361 g/mol. The molecule has 2 aliphatic heterocycles. The van der Waals surface area contributed by atoms with Gasteiger partial charge in [0.1, 0.15) is 5.52 Å². The minimum atomic E-state index is 0.0477. The largest absolute Gasteiger partial charge is 0.371 e. The quantitative estimate of drug-likeness (QED) is 0.760. The number of fused-ring (bicyclic) bond motifs is 2. The van der Waals surface area contributed by atoms with Crippen LogP contribution in [0.3, 0.4) is 0 Å². The Hall–Kier alpha value is -2.89. The van der Waals surface area contributed by atoms with Crippen molar-refractivity contribution < 1.29 is 4.79 Å². The number of nitrogens with one attached hydrogen (secondary N) is 1. The maximum absolute atomic E-state index is 12.5. The molecule has 2 aliphatic rings. The van der Waals surface area contributed by atoms with Gasteiger partial charge in [-0.3, -0.25) is 4.79 Å². The van der Waals surface area contributed by atoms with Crippen LogP contribution < -0.4 is 10.2 Å². The summed E-state index contributed by atoms with van der Waals surface area (Å²) in [5.74, 6) is 0.125. The highest BCUT2D eigenvalue weighted by Gasteiger charge is 2.29. The Balaban J connectivity index is 1.60. The van der Waals surface area contributed by atoms with Gasteiger partial charge in [0.2, 0.25) is 5.91 Å². The SMILES string of the molecule is Cc1c(N2CCCC2)ccc2c1NC(=O)CC2c1ccc2c(c1)nnn2C. The van der Waals surface area contributed by atoms with Crippen molar-refractivity contribution in [1.29, 1.82) is 0 Å². The van der Waals surface area contributed by atoms with Gasteiger partial charge in [0.05, 0.1) is 5.52 Å². The van der Waals surface area contributed by atoms with Crippen LogP contribution in [0.4, 0.5) is 11.4 Å². The molecule has 3 aromatic rings. The number of rotatable bonds is 2. The van der Waals surface area contributed by atoms with E-state index in [4.69, 9.17) is 0 Å². The first-order valence-electron chi connectivity index (χ1n) is 9.59. The molecule has 0 radical (unpaired) electrons. The van der Waals surface area contributed by atoms with E-state index < -0.39 is 0 Å². The van der Waals surface area contributed by atoms with E-state index in [0.29, 0.717) is 6.42 Å². The molecule has 6 nitrogen and oxygen atoms in total. The summed E-state index contributed by atoms with van der Waals surface area (Å²) in [6.45, 7) is 4.32. The molecule has 1 saturated heterocycles. The van der Waals surface area contributed by atoms with Gasteiger partial charge in [0.25, 0.3) is 0 Å². The van der Waals surface area contributed by atoms with Crippen molar-refractivity contribution in [2.75, 3.05) is 23.3 Å². The Morgan fingerprint density at radius 2 is 1.96 bits per heavy atom. The van der Waals surface area contributed by atoms with Crippen LogP contribution >= 0.6 is 0 Å². The summed E-state index contributed by atoms with van der Waals surface area (Å²) < 4.78 is 1.77. The van der Waals surface area contributed by atoms with Gasteiger partial charge in [0.15, 0.2) is 0 Å². The Morgan fingerprint density at radius 1 is 1.15 bits per heavy atom. The molecule has 0 bridgehead atoms. The van der Waals surface area contributed by atoms with Crippen LogP contribution in [0.1, 0.15) is 41.9 Å². The number of aryl methyl sites for hydroxylation is 1. The Labute approximate surface area is 158 Å². The van der Waals surface area contributed by atoms with Crippen LogP contribution in [0.2, 0.25) is 0 Å². The zero-order chi connectivity index (χ0) is 18.5. The van der Waals surface area contributed by atoms with Gasteiger partial charge >= 0.3 is 0 Å². The number of carbonyl (C=O) groups is 1. The number of hydrogen-bond donors (Lipinski definition) is 1. The molecule has 6 heteroatoms. The van der Waals surface area contributed by atoms with E-state index in [2.05, 4.69) is 51.7 Å². The van der Waals surface area contributed by atoms with Crippen LogP contribution in [-0.4, -0.2) is 34.0 Å². The number of hydrogen-bond acceptors (Lipinski definition) is 4. The molecule has 1 amide bonds. The average Bonchev–Trinajstić information content (AvgIpc) is 3.32. The van der Waals surface area contributed by atoms with Crippen molar-refractivity contribution in [3.8, 4) is 0 Å². The number of anilines is 2. The Morgan fingerprint density at radius 3 is 2.78 bits per heavy atom. The second-order valence-electron chi connectivity index (χ2n) is 7.63. The number of benzene rings is 2. The summed E-state index contributed by atoms with van der Waals surface area (Å²) in [6.07, 6.45) is 2.94. The summed E-state index contributed by atoms with van der Waals surface area (Å²) in [6, 6.07) is 10.6. The van der Waals surface area contributed by atoms with Crippen molar-refractivity contribution in [2.45, 2.75) is 32.1 Å². The predicted molar refractivity (Wildman–Crippen MR) is 106 cm³/mol. The molecule has 3 heterocycles. The molecule has 1 N–H and O–H groups in total. The smallest absolute Gasteiger partial charge is 0.225 e. The molecule has 1 fully saturated rings. The van der Waals surface area contributed by atoms with Crippen molar-refractivity contribution in [3.63, 3.8) is 0 Å². The van der Waals surface area contributed by atoms with Gasteiger partial charge in [0, 0.05) is 43.9 Å². The molecule has 5 rings (SSSR count). The van der Waals surface area contributed by atoms with Crippen molar-refractivity contribution >= 4 is 28.3 Å². The highest BCUT2D eigenvalue weighted by molar-refractivity contribution is 5.97. The predicted octanol–water partition coefficient (Wildman–Crippen LogP) is 3.35. The summed E-state index contributed by atoms with van der Waals surface area (Å²) in [7, 11) is 1.89. The first kappa shape index (κ1) is 16.3. The summed E-state index contributed by atoms with van der Waals surface area (Å²) in [5, 5.41) is 11.5. The minimum Gasteiger partial charge on any atom is -0.371 e. The van der Waals surface area contributed by atoms with Gasteiger partial charge in [-0.25, -0.2) is 4.68 Å². The van der Waals surface area contributed by atoms with E-state index >= 15 is 0 Å². The molecule has 1 atom stereocenters. The van der Waals surface area contributed by atoms with Crippen LogP contribution in [0.15, 0.2) is 30.3 Å². The Bertz CT molecular complexity index is 1050. The molecular formula is C21H23N5O. The van der Waals surface area contributed by atoms with E-state index in [9.17, 15) is 4.79 Å². The van der Waals surface area contributed by atoms with Crippen LogP contribution in [0.25, 0.3) is 11.0 Å². The molecule has 1 unspecified atom stereocenters. The molecule has 0 spiro atoms. The molecule has 1 aromatic heterocycles. The van der Waals surface area contributed by atoms with Crippen molar-refractivity contribution in [1.82, 2.24) is 15.0 Å². The van der Waals surface area contributed by atoms with Crippen LogP contribution in [-0.2, 0) is 11.8 Å². The number of nitrogens with zero attached hydrogens (tertiary/aromatic N) is 4. The number of carbonyl (C=O) groups excluding carboxylic acids is 1. The standard InChI is InChI=1S/C21H23N5O/c1-13-18(26-9-3-4-10-26)8-6-15-16(12-20(27)22-21(13)15)14-5-7-19-17(11-14)23-24-25(19)2/h5-8,11,16H,3-4,9-10,12H2,1-2H3,(H,22,27). The van der Waals surface area contributed by atoms with Gasteiger partial charge < -0.3 is 10.2 Å². The van der Waals surface area contributed by atoms with E-state index in [1.807, 2.05) is 13.1 Å². The highest BCUT2D eigenvalue weighted by atomic mass is 16.1. The van der Waals surface area contributed by atoms with Gasteiger partial charge in [-0.2, -0.15) is 0 Å². The lowest BCUT2D eigenvalue weighted by molar-refractivity contribution is -0.116. The maximum atomic E-state index is 12.5. The fourth-order valence-corrected chi connectivity index (χ4v) is 4.54. The van der Waals surface area contributed by atoms with E-state index in [0.717, 1.165) is 35.4 Å². The van der Waals surface area contributed by atoms with Crippen LogP contribution in [0, 0.1) is 6.92 Å². The van der Waals surface area contributed by atoms with Crippen molar-refractivity contribution in [2.24, 2.45) is 7.05 Å². The van der Waals surface area contributed by atoms with Gasteiger partial charge in [-0.1, -0.05) is 17.3 Å². The molecule has 27 heavy (non-hydrogen) atoms. The molecule has 0 aliphatic carbocycles. The normalized spacial score (nSPS) is 19.4. The third-order valence-corrected chi connectivity index (χ3v) is 5.98. The first-order chi connectivity index (χ1) is 13.1. The second-order valence-corrected chi connectivity index (χ2v) is 7.63. The lowest BCUT2D eigenvalue weighted by atomic mass is 9.83. The minimum absolute atomic E-state index is 0.0477. The molecule has 138 valence electrons. The second kappa shape index (κ2) is 6.08. The fourth-order valence-electron chi connectivity index (χ4n) is 4.54. The zero-order valence-corrected chi connectivity index (χ0v) is 15.7. The fraction of sp³-hybridized carbons (Fsp3) is 0.381. The maximum Gasteiger partial charge on any atom is 0.225 e. The molecule has 0 saturated carbocycles. The van der Waals surface area contributed by atoms with E-state index in [-0.39, 0.29) is 11.8 Å². The third kappa shape index (κ3) is 2.59. The number of amides is 1. The Kier molecular flexibility index (Phi) is 3.67. The number of aromatic nitrogens is 3. The lowest BCUT2D eigenvalue weighted by Crippen LogP contribution is -2.26. The van der Waals surface area contributed by atoms with Gasteiger partial charge in [-0.15, -0.1) is 5.10 Å².